The Hall–Kier alpha value is 0.744. The molecule has 0 aliphatic carbocycles. The zero-order chi connectivity index (χ0) is 2.71. The minimum atomic E-state index is 0. The van der Waals surface area contributed by atoms with Gasteiger partial charge in [0.1, 0.15) is 0 Å². The van der Waals surface area contributed by atoms with Crippen LogP contribution < -0.4 is 12.4 Å². The van der Waals surface area contributed by atoms with Crippen molar-refractivity contribution in [3.05, 3.63) is 0 Å². The zero-order valence-corrected chi connectivity index (χ0v) is 4.59. The van der Waals surface area contributed by atoms with Gasteiger partial charge in [0, 0.05) is 23.1 Å². The molecule has 0 aromatic carbocycles. The molecule has 0 aromatic rings. The van der Waals surface area contributed by atoms with Crippen LogP contribution in [0.25, 0.3) is 0 Å². The maximum Gasteiger partial charge on any atom is 0.0402 e. The van der Waals surface area contributed by atoms with E-state index in [2.05, 4.69) is 0 Å². The molecular formula is C2H6ClNiO-. The molecule has 1 N–H and O–H groups in total. The number of hydrogen-bond acceptors (Lipinski definition) is 1. The molecule has 3 heteroatoms. The molecule has 0 atom stereocenters. The second kappa shape index (κ2) is 21.9. The summed E-state index contributed by atoms with van der Waals surface area (Å²) in [6.07, 6.45) is 0. The molecule has 0 aliphatic heterocycles. The van der Waals surface area contributed by atoms with Gasteiger partial charge in [0.05, 0.1) is 0 Å². The Morgan fingerprint density at radius 3 is 1.60 bits per heavy atom. The van der Waals surface area contributed by atoms with Crippen LogP contribution in [0, 0.1) is 0 Å². The first-order valence-corrected chi connectivity index (χ1v) is 1.02. The van der Waals surface area contributed by atoms with Crippen molar-refractivity contribution in [2.24, 2.45) is 0 Å². The van der Waals surface area contributed by atoms with Gasteiger partial charge in [-0.1, -0.05) is 0 Å². The molecule has 0 fully saturated rings. The summed E-state index contributed by atoms with van der Waals surface area (Å²) in [6.45, 7) is 1.93. The van der Waals surface area contributed by atoms with E-state index in [0.29, 0.717) is 0 Å². The topological polar surface area (TPSA) is 20.2 Å². The SMILES string of the molecule is CCO.[Cl-].[Ni]. The Morgan fingerprint density at radius 1 is 1.60 bits per heavy atom. The van der Waals surface area contributed by atoms with E-state index in [1.54, 1.807) is 6.92 Å². The van der Waals surface area contributed by atoms with E-state index >= 15 is 0 Å². The standard InChI is InChI=1S/C2H6O.ClH.Ni/c1-2-3;;/h3H,2H2,1H3;1H;/p-1. The van der Waals surface area contributed by atoms with Crippen LogP contribution in [0.2, 0.25) is 0 Å². The molecule has 0 unspecified atom stereocenters. The van der Waals surface area contributed by atoms with E-state index in [9.17, 15) is 0 Å². The van der Waals surface area contributed by atoms with Crippen molar-refractivity contribution in [3.63, 3.8) is 0 Å². The molecule has 38 valence electrons. The van der Waals surface area contributed by atoms with Crippen molar-refractivity contribution >= 4 is 0 Å². The van der Waals surface area contributed by atoms with Crippen LogP contribution in [0.3, 0.4) is 0 Å². The molecule has 0 aliphatic rings. The Balaban J connectivity index is -0.0000000200. The fraction of sp³-hybridized carbons (Fsp3) is 1.00. The Morgan fingerprint density at radius 2 is 1.60 bits per heavy atom. The molecule has 0 spiro atoms. The molecule has 0 aromatic heterocycles. The van der Waals surface area contributed by atoms with Crippen molar-refractivity contribution in [1.82, 2.24) is 0 Å². The number of hydrogen-bond donors (Lipinski definition) is 1. The van der Waals surface area contributed by atoms with Crippen LogP contribution in [0.1, 0.15) is 6.92 Å². The van der Waals surface area contributed by atoms with E-state index in [0.717, 1.165) is 0 Å². The van der Waals surface area contributed by atoms with Crippen molar-refractivity contribution < 1.29 is 34.0 Å². The fourth-order valence-electron chi connectivity index (χ4n) is 0. The molecular weight excluding hydrogens is 134 g/mol. The molecule has 1 nitrogen and oxygen atoms in total. The van der Waals surface area contributed by atoms with Crippen LogP contribution >= 0.6 is 0 Å². The summed E-state index contributed by atoms with van der Waals surface area (Å²) in [7, 11) is 0. The first-order chi connectivity index (χ1) is 1.41. The smallest absolute Gasteiger partial charge is 0.0402 e. The second-order valence-corrected chi connectivity index (χ2v) is 0.316. The molecule has 0 heterocycles. The van der Waals surface area contributed by atoms with Gasteiger partial charge in [-0.3, -0.25) is 0 Å². The summed E-state index contributed by atoms with van der Waals surface area (Å²) in [4.78, 5) is 0. The van der Waals surface area contributed by atoms with Crippen LogP contribution in [-0.2, 0) is 16.5 Å². The Kier molecular flexibility index (Phi) is 75.1. The van der Waals surface area contributed by atoms with Crippen LogP contribution in [-0.4, -0.2) is 11.7 Å². The maximum atomic E-state index is 7.57. The van der Waals surface area contributed by atoms with E-state index in [-0.39, 0.29) is 35.5 Å². The normalized spacial score (nSPS) is 3.60. The van der Waals surface area contributed by atoms with E-state index in [1.165, 1.54) is 0 Å². The van der Waals surface area contributed by atoms with Crippen molar-refractivity contribution in [2.45, 2.75) is 6.92 Å². The fourth-order valence-corrected chi connectivity index (χ4v) is 0. The third-order valence-electron chi connectivity index (χ3n) is 0. The zero-order valence-electron chi connectivity index (χ0n) is 2.85. The predicted octanol–water partition coefficient (Wildman–Crippen LogP) is -3.00. The predicted molar refractivity (Wildman–Crippen MR) is 12.8 cm³/mol. The van der Waals surface area contributed by atoms with Gasteiger partial charge in [-0.05, 0) is 6.92 Å². The van der Waals surface area contributed by atoms with Gasteiger partial charge in [-0.2, -0.15) is 0 Å². The van der Waals surface area contributed by atoms with Crippen LogP contribution in [0.15, 0.2) is 0 Å². The third kappa shape index (κ3) is 64.6. The van der Waals surface area contributed by atoms with E-state index in [4.69, 9.17) is 5.11 Å². The first kappa shape index (κ1) is 17.2. The quantitative estimate of drug-likeness (QED) is 0.356. The Bertz CT molecular complexity index is 9.61. The van der Waals surface area contributed by atoms with Crippen molar-refractivity contribution in [3.8, 4) is 0 Å². The van der Waals surface area contributed by atoms with E-state index in [1.807, 2.05) is 0 Å². The second-order valence-electron chi connectivity index (χ2n) is 0.316. The van der Waals surface area contributed by atoms with Gasteiger partial charge < -0.3 is 17.5 Å². The van der Waals surface area contributed by atoms with Crippen molar-refractivity contribution in [2.75, 3.05) is 6.61 Å². The minimum absolute atomic E-state index is 0. The van der Waals surface area contributed by atoms with Gasteiger partial charge in [-0.25, -0.2) is 0 Å². The number of halogens is 1. The molecule has 0 rings (SSSR count). The monoisotopic (exact) mass is 139 g/mol. The van der Waals surface area contributed by atoms with Crippen LogP contribution in [0.5, 0.6) is 0 Å². The summed E-state index contributed by atoms with van der Waals surface area (Å²) < 4.78 is 0. The third-order valence-corrected chi connectivity index (χ3v) is 0. The van der Waals surface area contributed by atoms with Gasteiger partial charge in [0.25, 0.3) is 0 Å². The van der Waals surface area contributed by atoms with Gasteiger partial charge in [-0.15, -0.1) is 0 Å². The summed E-state index contributed by atoms with van der Waals surface area (Å²) in [5, 5.41) is 7.57. The number of aliphatic hydroxyl groups excluding tert-OH is 1. The largest absolute Gasteiger partial charge is 1.00 e. The first-order valence-electron chi connectivity index (χ1n) is 1.02. The summed E-state index contributed by atoms with van der Waals surface area (Å²) in [5.41, 5.74) is 0. The van der Waals surface area contributed by atoms with Gasteiger partial charge >= 0.3 is 0 Å². The minimum Gasteiger partial charge on any atom is -1.00 e. The molecule has 0 bridgehead atoms. The average molecular weight is 140 g/mol. The number of aliphatic hydroxyl groups is 1. The van der Waals surface area contributed by atoms with Crippen molar-refractivity contribution in [1.29, 1.82) is 0 Å². The number of rotatable bonds is 0. The molecule has 0 saturated heterocycles. The molecule has 0 saturated carbocycles. The van der Waals surface area contributed by atoms with Gasteiger partial charge in [0.2, 0.25) is 0 Å². The van der Waals surface area contributed by atoms with Crippen LogP contribution in [0.4, 0.5) is 0 Å². The maximum absolute atomic E-state index is 7.57. The molecule has 0 radical (unpaired) electrons. The summed E-state index contributed by atoms with van der Waals surface area (Å²) in [5.74, 6) is 0. The summed E-state index contributed by atoms with van der Waals surface area (Å²) in [6, 6.07) is 0. The average Bonchev–Trinajstić information content (AvgIpc) is 0.918. The molecule has 5 heavy (non-hydrogen) atoms. The molecule has 0 amide bonds. The Labute approximate surface area is 48.1 Å². The summed E-state index contributed by atoms with van der Waals surface area (Å²) >= 11 is 0. The van der Waals surface area contributed by atoms with Gasteiger partial charge in [0.15, 0.2) is 0 Å². The van der Waals surface area contributed by atoms with E-state index < -0.39 is 0 Å².